The van der Waals surface area contributed by atoms with Gasteiger partial charge in [0.2, 0.25) is 0 Å². The number of hydrogen-bond acceptors (Lipinski definition) is 2. The minimum atomic E-state index is -0.981. The van der Waals surface area contributed by atoms with Crippen molar-refractivity contribution >= 4 is 11.6 Å². The van der Waals surface area contributed by atoms with E-state index in [1.165, 1.54) is 13.2 Å². The normalized spacial score (nSPS) is 11.1. The van der Waals surface area contributed by atoms with E-state index in [9.17, 15) is 4.39 Å². The Morgan fingerprint density at radius 2 is 2.06 bits per heavy atom. The summed E-state index contributed by atoms with van der Waals surface area (Å²) in [5.74, 6) is -0.205. The van der Waals surface area contributed by atoms with Gasteiger partial charge in [0.25, 0.3) is 0 Å². The van der Waals surface area contributed by atoms with Gasteiger partial charge >= 0.3 is 0 Å². The number of hydrogen-bond donors (Lipinski definition) is 0. The van der Waals surface area contributed by atoms with E-state index in [1.807, 2.05) is 6.07 Å². The summed E-state index contributed by atoms with van der Waals surface area (Å²) in [6.45, 7) is 4.87. The summed E-state index contributed by atoms with van der Waals surface area (Å²) in [7, 11) is 1.41. The summed E-state index contributed by atoms with van der Waals surface area (Å²) in [4.78, 5) is 0. The molecule has 0 unspecified atom stereocenters. The van der Waals surface area contributed by atoms with Crippen LogP contribution in [0.15, 0.2) is 6.07 Å². The Morgan fingerprint density at radius 1 is 1.50 bits per heavy atom. The number of methoxy groups -OCH3 is 1. The van der Waals surface area contributed by atoms with Crippen LogP contribution < -0.4 is 4.74 Å². The Hall–Kier alpha value is -1.27. The number of aryl methyl sites for hydroxylation is 1. The largest absolute Gasteiger partial charge is 0.495 e. The molecule has 1 aromatic rings. The molecule has 1 rings (SSSR count). The number of benzene rings is 1. The molecule has 0 fully saturated rings. The van der Waals surface area contributed by atoms with Crippen molar-refractivity contribution in [1.29, 1.82) is 5.26 Å². The fourth-order valence-electron chi connectivity index (χ4n) is 1.55. The van der Waals surface area contributed by atoms with E-state index in [0.29, 0.717) is 10.6 Å². The fraction of sp³-hybridized carbons (Fsp3) is 0.417. The van der Waals surface area contributed by atoms with Gasteiger partial charge in [-0.15, -0.1) is 0 Å². The quantitative estimate of drug-likeness (QED) is 0.793. The number of rotatable bonds is 2. The second-order valence-corrected chi connectivity index (χ2v) is 4.54. The third kappa shape index (κ3) is 1.98. The third-order valence-corrected chi connectivity index (χ3v) is 2.74. The van der Waals surface area contributed by atoms with Crippen LogP contribution in [0.4, 0.5) is 4.39 Å². The molecule has 0 aliphatic carbocycles. The maximum absolute atomic E-state index is 14.0. The van der Waals surface area contributed by atoms with Crippen LogP contribution in [-0.4, -0.2) is 7.11 Å². The zero-order valence-corrected chi connectivity index (χ0v) is 10.4. The molecule has 4 heteroatoms. The van der Waals surface area contributed by atoms with Crippen LogP contribution in [0.25, 0.3) is 0 Å². The van der Waals surface area contributed by atoms with Gasteiger partial charge in [-0.3, -0.25) is 0 Å². The molecular weight excluding hydrogens is 229 g/mol. The maximum Gasteiger partial charge on any atom is 0.145 e. The van der Waals surface area contributed by atoms with Gasteiger partial charge in [-0.1, -0.05) is 11.6 Å². The Morgan fingerprint density at radius 3 is 2.50 bits per heavy atom. The highest BCUT2D eigenvalue weighted by molar-refractivity contribution is 6.32. The van der Waals surface area contributed by atoms with Crippen molar-refractivity contribution in [3.8, 4) is 11.8 Å². The minimum Gasteiger partial charge on any atom is -0.495 e. The molecule has 0 saturated heterocycles. The average Bonchev–Trinajstić information content (AvgIpc) is 2.22. The number of ether oxygens (including phenoxy) is 1. The van der Waals surface area contributed by atoms with Gasteiger partial charge in [0.1, 0.15) is 11.6 Å². The molecule has 0 spiro atoms. The first kappa shape index (κ1) is 12.8. The lowest BCUT2D eigenvalue weighted by Gasteiger charge is -2.22. The van der Waals surface area contributed by atoms with Crippen molar-refractivity contribution in [3.05, 3.63) is 28.0 Å². The van der Waals surface area contributed by atoms with Gasteiger partial charge < -0.3 is 4.74 Å². The molecule has 0 aliphatic rings. The summed E-state index contributed by atoms with van der Waals surface area (Å²) in [5, 5.41) is 9.38. The highest BCUT2D eigenvalue weighted by Crippen LogP contribution is 2.39. The van der Waals surface area contributed by atoms with E-state index in [1.54, 1.807) is 20.8 Å². The summed E-state index contributed by atoms with van der Waals surface area (Å²) in [5.41, 5.74) is -0.364. The van der Waals surface area contributed by atoms with Crippen molar-refractivity contribution in [2.45, 2.75) is 26.2 Å². The summed E-state index contributed by atoms with van der Waals surface area (Å²) in [6.07, 6.45) is 0. The van der Waals surface area contributed by atoms with E-state index in [2.05, 4.69) is 0 Å². The Kier molecular flexibility index (Phi) is 3.44. The predicted octanol–water partition coefficient (Wildman–Crippen LogP) is 3.60. The van der Waals surface area contributed by atoms with Crippen molar-refractivity contribution in [3.63, 3.8) is 0 Å². The van der Waals surface area contributed by atoms with Crippen LogP contribution in [0.5, 0.6) is 5.75 Å². The first-order chi connectivity index (χ1) is 7.35. The first-order valence-corrected chi connectivity index (χ1v) is 5.17. The molecular formula is C12H13ClFNO. The summed E-state index contributed by atoms with van der Waals surface area (Å²) in [6, 6.07) is 3.54. The van der Waals surface area contributed by atoms with Crippen LogP contribution in [0.2, 0.25) is 5.02 Å². The number of halogens is 2. The zero-order valence-electron chi connectivity index (χ0n) is 9.69. The molecule has 0 bridgehead atoms. The lowest BCUT2D eigenvalue weighted by Crippen LogP contribution is -2.18. The van der Waals surface area contributed by atoms with Crippen LogP contribution in [0, 0.1) is 24.1 Å². The standard InChI is InChI=1S/C12H13ClFNO/c1-7-5-8(13)11(16-4)9(10(7)14)12(2,3)6-15/h5H,1-4H3. The molecule has 86 valence electrons. The second-order valence-electron chi connectivity index (χ2n) is 4.13. The summed E-state index contributed by atoms with van der Waals surface area (Å²) >= 11 is 5.97. The molecule has 1 aromatic carbocycles. The molecule has 0 aliphatic heterocycles. The minimum absolute atomic E-state index is 0.211. The van der Waals surface area contributed by atoms with E-state index in [-0.39, 0.29) is 11.3 Å². The van der Waals surface area contributed by atoms with Crippen molar-refractivity contribution in [2.75, 3.05) is 7.11 Å². The lowest BCUT2D eigenvalue weighted by molar-refractivity contribution is 0.394. The Labute approximate surface area is 99.6 Å². The molecule has 0 saturated carbocycles. The Balaban J connectivity index is 3.66. The average molecular weight is 242 g/mol. The molecule has 0 radical (unpaired) electrons. The van der Waals surface area contributed by atoms with Gasteiger partial charge in [0.05, 0.1) is 29.2 Å². The number of nitrogens with zero attached hydrogens (tertiary/aromatic N) is 1. The lowest BCUT2D eigenvalue weighted by atomic mass is 9.84. The molecule has 0 heterocycles. The summed E-state index contributed by atoms with van der Waals surface area (Å²) < 4.78 is 19.1. The molecule has 0 aromatic heterocycles. The highest BCUT2D eigenvalue weighted by atomic mass is 35.5. The van der Waals surface area contributed by atoms with Crippen molar-refractivity contribution in [2.24, 2.45) is 0 Å². The maximum atomic E-state index is 14.0. The van der Waals surface area contributed by atoms with Gasteiger partial charge in [-0.2, -0.15) is 5.26 Å². The molecule has 2 nitrogen and oxygen atoms in total. The molecule has 16 heavy (non-hydrogen) atoms. The number of nitriles is 1. The smallest absolute Gasteiger partial charge is 0.145 e. The Bertz CT molecular complexity index is 463. The topological polar surface area (TPSA) is 33.0 Å². The van der Waals surface area contributed by atoms with Gasteiger partial charge in [0, 0.05) is 0 Å². The van der Waals surface area contributed by atoms with E-state index in [0.717, 1.165) is 0 Å². The fourth-order valence-corrected chi connectivity index (χ4v) is 1.88. The molecule has 0 amide bonds. The zero-order chi connectivity index (χ0) is 12.5. The molecule has 0 N–H and O–H groups in total. The van der Waals surface area contributed by atoms with Gasteiger partial charge in [-0.25, -0.2) is 4.39 Å². The monoisotopic (exact) mass is 241 g/mol. The van der Waals surface area contributed by atoms with E-state index in [4.69, 9.17) is 21.6 Å². The second kappa shape index (κ2) is 4.31. The van der Waals surface area contributed by atoms with Crippen LogP contribution in [-0.2, 0) is 5.41 Å². The highest BCUT2D eigenvalue weighted by Gasteiger charge is 2.30. The van der Waals surface area contributed by atoms with Gasteiger partial charge in [-0.05, 0) is 32.4 Å². The van der Waals surface area contributed by atoms with Crippen molar-refractivity contribution in [1.82, 2.24) is 0 Å². The van der Waals surface area contributed by atoms with E-state index >= 15 is 0 Å². The van der Waals surface area contributed by atoms with Crippen LogP contribution >= 0.6 is 11.6 Å². The van der Waals surface area contributed by atoms with Gasteiger partial charge in [0.15, 0.2) is 0 Å². The first-order valence-electron chi connectivity index (χ1n) is 4.79. The predicted molar refractivity (Wildman–Crippen MR) is 61.3 cm³/mol. The van der Waals surface area contributed by atoms with Crippen molar-refractivity contribution < 1.29 is 9.13 Å². The van der Waals surface area contributed by atoms with E-state index < -0.39 is 11.2 Å². The SMILES string of the molecule is COc1c(Cl)cc(C)c(F)c1C(C)(C)C#N. The van der Waals surface area contributed by atoms with Crippen LogP contribution in [0.1, 0.15) is 25.0 Å². The third-order valence-electron chi connectivity index (χ3n) is 2.46. The molecule has 0 atom stereocenters. The van der Waals surface area contributed by atoms with Crippen LogP contribution in [0.3, 0.4) is 0 Å².